The number of anilines is 2. The molecule has 1 aliphatic rings. The number of ketones is 1. The van der Waals surface area contributed by atoms with E-state index in [1.807, 2.05) is 31.2 Å². The fourth-order valence-electron chi connectivity index (χ4n) is 2.30. The maximum Gasteiger partial charge on any atom is 0.175 e. The van der Waals surface area contributed by atoms with Crippen LogP contribution in [0.5, 0.6) is 0 Å². The third-order valence-electron chi connectivity index (χ3n) is 3.38. The topological polar surface area (TPSA) is 41.1 Å². The standard InChI is InChI=1S/C14H14N2O/c1-9(17)14(2)15-11-7-3-5-10-6-4-8-12(16-14)13(10)11/h3-8,15-16H,1-2H3. The van der Waals surface area contributed by atoms with E-state index in [4.69, 9.17) is 0 Å². The van der Waals surface area contributed by atoms with Crippen molar-refractivity contribution < 1.29 is 4.79 Å². The highest BCUT2D eigenvalue weighted by Gasteiger charge is 2.33. The molecular formula is C14H14N2O. The summed E-state index contributed by atoms with van der Waals surface area (Å²) >= 11 is 0. The van der Waals surface area contributed by atoms with E-state index >= 15 is 0 Å². The molecule has 0 saturated heterocycles. The van der Waals surface area contributed by atoms with Crippen LogP contribution in [0.4, 0.5) is 11.4 Å². The molecule has 0 fully saturated rings. The van der Waals surface area contributed by atoms with Gasteiger partial charge in [0, 0.05) is 16.8 Å². The molecule has 17 heavy (non-hydrogen) atoms. The van der Waals surface area contributed by atoms with Gasteiger partial charge in [-0.05, 0) is 31.4 Å². The van der Waals surface area contributed by atoms with Crippen molar-refractivity contribution in [2.45, 2.75) is 19.5 Å². The first-order chi connectivity index (χ1) is 8.10. The van der Waals surface area contributed by atoms with Crippen molar-refractivity contribution in [1.29, 1.82) is 0 Å². The lowest BCUT2D eigenvalue weighted by atomic mass is 9.98. The molecule has 0 spiro atoms. The maximum absolute atomic E-state index is 11.7. The lowest BCUT2D eigenvalue weighted by molar-refractivity contribution is -0.119. The Balaban J connectivity index is 2.27. The van der Waals surface area contributed by atoms with Crippen LogP contribution in [0.25, 0.3) is 10.8 Å². The summed E-state index contributed by atoms with van der Waals surface area (Å²) in [5, 5.41) is 8.87. The molecule has 3 rings (SSSR count). The van der Waals surface area contributed by atoms with Gasteiger partial charge in [-0.1, -0.05) is 24.3 Å². The summed E-state index contributed by atoms with van der Waals surface area (Å²) in [4.78, 5) is 11.7. The molecule has 3 heteroatoms. The number of nitrogens with one attached hydrogen (secondary N) is 2. The average Bonchev–Trinajstić information content (AvgIpc) is 2.29. The first-order valence-corrected chi connectivity index (χ1v) is 5.69. The Morgan fingerprint density at radius 3 is 2.06 bits per heavy atom. The lowest BCUT2D eigenvalue weighted by Crippen LogP contribution is -2.51. The van der Waals surface area contributed by atoms with Crippen LogP contribution in [0.2, 0.25) is 0 Å². The summed E-state index contributed by atoms with van der Waals surface area (Å²) < 4.78 is 0. The van der Waals surface area contributed by atoms with E-state index in [0.29, 0.717) is 0 Å². The SMILES string of the molecule is CC(=O)C1(C)Nc2cccc3cccc(c23)N1. The smallest absolute Gasteiger partial charge is 0.175 e. The van der Waals surface area contributed by atoms with E-state index in [1.54, 1.807) is 6.92 Å². The maximum atomic E-state index is 11.7. The van der Waals surface area contributed by atoms with Gasteiger partial charge in [-0.15, -0.1) is 0 Å². The van der Waals surface area contributed by atoms with Crippen LogP contribution in [0.3, 0.4) is 0 Å². The van der Waals surface area contributed by atoms with Gasteiger partial charge < -0.3 is 10.6 Å². The quantitative estimate of drug-likeness (QED) is 0.785. The minimum Gasteiger partial charge on any atom is -0.356 e. The molecule has 1 heterocycles. The Bertz CT molecular complexity index is 578. The Morgan fingerprint density at radius 1 is 1.06 bits per heavy atom. The molecule has 0 bridgehead atoms. The highest BCUT2D eigenvalue weighted by molar-refractivity contribution is 6.08. The van der Waals surface area contributed by atoms with Gasteiger partial charge in [-0.2, -0.15) is 0 Å². The molecular weight excluding hydrogens is 212 g/mol. The zero-order valence-electron chi connectivity index (χ0n) is 9.87. The average molecular weight is 226 g/mol. The molecule has 2 aromatic rings. The minimum atomic E-state index is -0.720. The van der Waals surface area contributed by atoms with Crippen molar-refractivity contribution in [2.75, 3.05) is 10.6 Å². The van der Waals surface area contributed by atoms with Crippen molar-refractivity contribution in [1.82, 2.24) is 0 Å². The molecule has 0 aliphatic carbocycles. The molecule has 2 aromatic carbocycles. The lowest BCUT2D eigenvalue weighted by Gasteiger charge is -2.36. The number of hydrogen-bond acceptors (Lipinski definition) is 3. The number of carbonyl (C=O) groups excluding carboxylic acids is 1. The summed E-state index contributed by atoms with van der Waals surface area (Å²) in [5.74, 6) is 0.0732. The number of carbonyl (C=O) groups is 1. The van der Waals surface area contributed by atoms with Crippen LogP contribution in [0.15, 0.2) is 36.4 Å². The summed E-state index contributed by atoms with van der Waals surface area (Å²) in [7, 11) is 0. The van der Waals surface area contributed by atoms with Crippen molar-refractivity contribution in [3.63, 3.8) is 0 Å². The normalized spacial score (nSPS) is 16.1. The highest BCUT2D eigenvalue weighted by atomic mass is 16.1. The third kappa shape index (κ3) is 1.39. The van der Waals surface area contributed by atoms with Crippen LogP contribution in [-0.2, 0) is 4.79 Å². The van der Waals surface area contributed by atoms with Crippen molar-refractivity contribution >= 4 is 27.9 Å². The van der Waals surface area contributed by atoms with E-state index in [2.05, 4.69) is 22.8 Å². The summed E-state index contributed by atoms with van der Waals surface area (Å²) in [6.07, 6.45) is 0. The first-order valence-electron chi connectivity index (χ1n) is 5.69. The highest BCUT2D eigenvalue weighted by Crippen LogP contribution is 2.37. The molecule has 3 nitrogen and oxygen atoms in total. The van der Waals surface area contributed by atoms with Crippen LogP contribution in [-0.4, -0.2) is 11.4 Å². The van der Waals surface area contributed by atoms with Crippen LogP contribution >= 0.6 is 0 Å². The minimum absolute atomic E-state index is 0.0732. The first kappa shape index (κ1) is 10.1. The molecule has 0 unspecified atom stereocenters. The van der Waals surface area contributed by atoms with E-state index in [9.17, 15) is 4.79 Å². The Morgan fingerprint density at radius 2 is 1.59 bits per heavy atom. The third-order valence-corrected chi connectivity index (χ3v) is 3.38. The summed E-state index contributed by atoms with van der Waals surface area (Å²) in [5.41, 5.74) is 1.30. The van der Waals surface area contributed by atoms with Gasteiger partial charge in [0.2, 0.25) is 0 Å². The van der Waals surface area contributed by atoms with Crippen LogP contribution in [0, 0.1) is 0 Å². The van der Waals surface area contributed by atoms with Gasteiger partial charge in [0.1, 0.15) is 0 Å². The number of rotatable bonds is 1. The van der Waals surface area contributed by atoms with Crippen molar-refractivity contribution in [3.8, 4) is 0 Å². The number of benzene rings is 2. The number of Topliss-reactive ketones (excluding diaryl/α,β-unsaturated/α-hetero) is 1. The van der Waals surface area contributed by atoms with Gasteiger partial charge in [0.15, 0.2) is 11.4 Å². The van der Waals surface area contributed by atoms with E-state index in [0.717, 1.165) is 16.8 Å². The summed E-state index contributed by atoms with van der Waals surface area (Å²) in [6.45, 7) is 3.46. The van der Waals surface area contributed by atoms with E-state index < -0.39 is 5.66 Å². The van der Waals surface area contributed by atoms with Crippen molar-refractivity contribution in [2.24, 2.45) is 0 Å². The van der Waals surface area contributed by atoms with Crippen LogP contribution in [0.1, 0.15) is 13.8 Å². The zero-order chi connectivity index (χ0) is 12.0. The van der Waals surface area contributed by atoms with E-state index in [1.165, 1.54) is 5.39 Å². The van der Waals surface area contributed by atoms with Gasteiger partial charge in [0.05, 0.1) is 0 Å². The fraction of sp³-hybridized carbons (Fsp3) is 0.214. The Hall–Kier alpha value is -2.03. The largest absolute Gasteiger partial charge is 0.356 e. The molecule has 0 radical (unpaired) electrons. The predicted molar refractivity (Wildman–Crippen MR) is 70.3 cm³/mol. The molecule has 0 atom stereocenters. The zero-order valence-corrected chi connectivity index (χ0v) is 9.87. The second-order valence-electron chi connectivity index (χ2n) is 4.64. The van der Waals surface area contributed by atoms with E-state index in [-0.39, 0.29) is 5.78 Å². The second kappa shape index (κ2) is 3.23. The van der Waals surface area contributed by atoms with Crippen LogP contribution < -0.4 is 10.6 Å². The van der Waals surface area contributed by atoms with Crippen molar-refractivity contribution in [3.05, 3.63) is 36.4 Å². The molecule has 2 N–H and O–H groups in total. The molecule has 0 saturated carbocycles. The predicted octanol–water partition coefficient (Wildman–Crippen LogP) is 2.98. The van der Waals surface area contributed by atoms with Gasteiger partial charge >= 0.3 is 0 Å². The molecule has 1 aliphatic heterocycles. The second-order valence-corrected chi connectivity index (χ2v) is 4.64. The molecule has 0 amide bonds. The number of hydrogen-bond donors (Lipinski definition) is 2. The Kier molecular flexibility index (Phi) is 1.93. The van der Waals surface area contributed by atoms with Gasteiger partial charge in [-0.25, -0.2) is 0 Å². The summed E-state index contributed by atoms with van der Waals surface area (Å²) in [6, 6.07) is 12.2. The fourth-order valence-corrected chi connectivity index (χ4v) is 2.30. The monoisotopic (exact) mass is 226 g/mol. The Labute approximate surface area is 99.8 Å². The van der Waals surface area contributed by atoms with Gasteiger partial charge in [0.25, 0.3) is 0 Å². The molecule has 0 aromatic heterocycles. The molecule has 86 valence electrons. The van der Waals surface area contributed by atoms with Gasteiger partial charge in [-0.3, -0.25) is 4.79 Å².